The molecular formula is C34H31N7O4. The molecule has 5 rings (SSSR count). The number of amides is 1. The van der Waals surface area contributed by atoms with Gasteiger partial charge in [0.1, 0.15) is 29.2 Å². The number of methoxy groups -OCH3 is 1. The van der Waals surface area contributed by atoms with Gasteiger partial charge in [-0.2, -0.15) is 10.5 Å². The van der Waals surface area contributed by atoms with E-state index in [4.69, 9.17) is 14.9 Å². The van der Waals surface area contributed by atoms with Crippen molar-refractivity contribution in [2.24, 2.45) is 0 Å². The highest BCUT2D eigenvalue weighted by Gasteiger charge is 2.26. The van der Waals surface area contributed by atoms with Crippen LogP contribution in [0.2, 0.25) is 0 Å². The van der Waals surface area contributed by atoms with Gasteiger partial charge in [-0.1, -0.05) is 30.3 Å². The SMILES string of the molecule is COc1ccc(-c2cnc(N3CCC(NCc4ccc(/C=C/C(=O)NO)cc4)CC3)c(C#N)c2-c2ccc(C#N)nc2)cc1O. The number of nitrogens with one attached hydrogen (secondary N) is 2. The zero-order chi connectivity index (χ0) is 31.8. The summed E-state index contributed by atoms with van der Waals surface area (Å²) in [5.41, 5.74) is 6.78. The lowest BCUT2D eigenvalue weighted by Gasteiger charge is -2.34. The van der Waals surface area contributed by atoms with E-state index in [2.05, 4.69) is 21.3 Å². The quantitative estimate of drug-likeness (QED) is 0.121. The normalized spacial score (nSPS) is 13.3. The third-order valence-electron chi connectivity index (χ3n) is 7.73. The van der Waals surface area contributed by atoms with E-state index < -0.39 is 5.91 Å². The summed E-state index contributed by atoms with van der Waals surface area (Å²) in [5, 5.41) is 42.4. The van der Waals surface area contributed by atoms with Crippen molar-refractivity contribution >= 4 is 17.8 Å². The molecule has 1 aliphatic heterocycles. The minimum Gasteiger partial charge on any atom is -0.504 e. The van der Waals surface area contributed by atoms with Crippen molar-refractivity contribution in [3.05, 3.63) is 95.5 Å². The van der Waals surface area contributed by atoms with Crippen LogP contribution in [-0.2, 0) is 11.3 Å². The summed E-state index contributed by atoms with van der Waals surface area (Å²) in [5.74, 6) is 0.298. The van der Waals surface area contributed by atoms with Gasteiger partial charge < -0.3 is 20.1 Å². The van der Waals surface area contributed by atoms with Crippen LogP contribution < -0.4 is 20.4 Å². The standard InChI is InChI=1S/C34H31N7O4/c1-45-31-10-8-24(16-30(31)42)29-21-39-34(28(18-36)33(29)25-7-9-27(17-35)38-20-25)41-14-12-26(13-15-41)37-19-23-4-2-22(3-5-23)6-11-32(43)40-44/h2-11,16,20-21,26,37,42,44H,12-15,19H2,1H3,(H,40,43)/b11-6+. The van der Waals surface area contributed by atoms with Crippen LogP contribution in [0.15, 0.2) is 73.1 Å². The van der Waals surface area contributed by atoms with E-state index in [1.165, 1.54) is 13.2 Å². The molecule has 2 aromatic carbocycles. The van der Waals surface area contributed by atoms with Crippen LogP contribution in [0.25, 0.3) is 28.3 Å². The van der Waals surface area contributed by atoms with E-state index in [0.29, 0.717) is 59.0 Å². The molecular weight excluding hydrogens is 570 g/mol. The van der Waals surface area contributed by atoms with E-state index in [9.17, 15) is 20.4 Å². The molecule has 0 aliphatic carbocycles. The number of ether oxygens (including phenoxy) is 1. The van der Waals surface area contributed by atoms with Crippen LogP contribution in [0.5, 0.6) is 11.5 Å². The van der Waals surface area contributed by atoms with Gasteiger partial charge in [-0.15, -0.1) is 0 Å². The lowest BCUT2D eigenvalue weighted by atomic mass is 9.92. The first kappa shape index (κ1) is 30.7. The average Bonchev–Trinajstić information content (AvgIpc) is 3.09. The first-order valence-electron chi connectivity index (χ1n) is 14.3. The Balaban J connectivity index is 1.34. The number of hydrogen-bond donors (Lipinski definition) is 4. The second-order valence-electron chi connectivity index (χ2n) is 10.5. The molecule has 11 nitrogen and oxygen atoms in total. The van der Waals surface area contributed by atoms with Crippen molar-refractivity contribution in [1.82, 2.24) is 20.8 Å². The van der Waals surface area contributed by atoms with Crippen LogP contribution in [0.3, 0.4) is 0 Å². The molecule has 0 unspecified atom stereocenters. The molecule has 4 N–H and O–H groups in total. The second-order valence-corrected chi connectivity index (χ2v) is 10.5. The van der Waals surface area contributed by atoms with Crippen molar-refractivity contribution < 1.29 is 19.8 Å². The molecule has 226 valence electrons. The Kier molecular flexibility index (Phi) is 9.65. The number of nitriles is 2. The number of anilines is 1. The van der Waals surface area contributed by atoms with Crippen molar-refractivity contribution in [2.45, 2.75) is 25.4 Å². The molecule has 11 heteroatoms. The Bertz CT molecular complexity index is 1780. The predicted molar refractivity (Wildman–Crippen MR) is 168 cm³/mol. The number of piperidine rings is 1. The first-order chi connectivity index (χ1) is 21.9. The molecule has 1 amide bonds. The molecule has 45 heavy (non-hydrogen) atoms. The number of rotatable bonds is 9. The molecule has 0 saturated carbocycles. The Morgan fingerprint density at radius 2 is 1.80 bits per heavy atom. The topological polar surface area (TPSA) is 167 Å². The van der Waals surface area contributed by atoms with Crippen LogP contribution in [0, 0.1) is 22.7 Å². The Labute approximate surface area is 260 Å². The number of phenolic OH excluding ortho intramolecular Hbond substituents is 1. The summed E-state index contributed by atoms with van der Waals surface area (Å²) >= 11 is 0. The number of phenols is 1. The predicted octanol–water partition coefficient (Wildman–Crippen LogP) is 4.55. The van der Waals surface area contributed by atoms with Crippen LogP contribution in [0.1, 0.15) is 35.2 Å². The fraction of sp³-hybridized carbons (Fsp3) is 0.206. The summed E-state index contributed by atoms with van der Waals surface area (Å²) in [6.07, 6.45) is 7.88. The monoisotopic (exact) mass is 601 g/mol. The Morgan fingerprint density at radius 1 is 1.04 bits per heavy atom. The van der Waals surface area contributed by atoms with E-state index >= 15 is 0 Å². The van der Waals surface area contributed by atoms with Gasteiger partial charge in [0.15, 0.2) is 11.5 Å². The van der Waals surface area contributed by atoms with Crippen LogP contribution in [-0.4, -0.2) is 52.4 Å². The highest BCUT2D eigenvalue weighted by atomic mass is 16.5. The minimum atomic E-state index is -0.583. The molecule has 4 aromatic rings. The molecule has 0 spiro atoms. The fourth-order valence-electron chi connectivity index (χ4n) is 5.34. The summed E-state index contributed by atoms with van der Waals surface area (Å²) in [6.45, 7) is 2.08. The lowest BCUT2D eigenvalue weighted by Crippen LogP contribution is -2.42. The van der Waals surface area contributed by atoms with Gasteiger partial charge in [-0.25, -0.2) is 15.4 Å². The Hall–Kier alpha value is -5.75. The van der Waals surface area contributed by atoms with Gasteiger partial charge >= 0.3 is 0 Å². The number of aromatic hydroxyl groups is 1. The molecule has 1 saturated heterocycles. The van der Waals surface area contributed by atoms with Gasteiger partial charge in [-0.3, -0.25) is 10.0 Å². The van der Waals surface area contributed by atoms with Gasteiger partial charge in [0.05, 0.1) is 7.11 Å². The number of pyridine rings is 2. The molecule has 3 heterocycles. The number of carbonyl (C=O) groups is 1. The number of carbonyl (C=O) groups excluding carboxylic acids is 1. The zero-order valence-electron chi connectivity index (χ0n) is 24.6. The number of benzene rings is 2. The number of hydrogen-bond acceptors (Lipinski definition) is 10. The Morgan fingerprint density at radius 3 is 2.42 bits per heavy atom. The maximum atomic E-state index is 11.2. The largest absolute Gasteiger partial charge is 0.504 e. The van der Waals surface area contributed by atoms with Gasteiger partial charge in [-0.05, 0) is 59.9 Å². The van der Waals surface area contributed by atoms with E-state index in [1.807, 2.05) is 30.3 Å². The third-order valence-corrected chi connectivity index (χ3v) is 7.73. The molecule has 0 bridgehead atoms. The highest BCUT2D eigenvalue weighted by molar-refractivity contribution is 5.91. The molecule has 1 aliphatic rings. The zero-order valence-corrected chi connectivity index (χ0v) is 24.6. The summed E-state index contributed by atoms with van der Waals surface area (Å²) in [7, 11) is 1.48. The third kappa shape index (κ3) is 7.08. The second kappa shape index (κ2) is 14.1. The summed E-state index contributed by atoms with van der Waals surface area (Å²) < 4.78 is 5.20. The number of aromatic nitrogens is 2. The lowest BCUT2D eigenvalue weighted by molar-refractivity contribution is -0.124. The molecule has 1 fully saturated rings. The molecule has 0 atom stereocenters. The summed E-state index contributed by atoms with van der Waals surface area (Å²) in [4.78, 5) is 22.3. The fourth-order valence-corrected chi connectivity index (χ4v) is 5.34. The summed E-state index contributed by atoms with van der Waals surface area (Å²) in [6, 6.07) is 20.9. The van der Waals surface area contributed by atoms with Crippen molar-refractivity contribution in [1.29, 1.82) is 10.5 Å². The van der Waals surface area contributed by atoms with Crippen molar-refractivity contribution in [3.8, 4) is 45.9 Å². The van der Waals surface area contributed by atoms with E-state index in [0.717, 1.165) is 24.0 Å². The number of nitrogens with zero attached hydrogens (tertiary/aromatic N) is 5. The van der Waals surface area contributed by atoms with E-state index in [1.54, 1.807) is 54.3 Å². The van der Waals surface area contributed by atoms with Gasteiger partial charge in [0.25, 0.3) is 5.91 Å². The first-order valence-corrected chi connectivity index (χ1v) is 14.3. The maximum Gasteiger partial charge on any atom is 0.267 e. The van der Waals surface area contributed by atoms with Gasteiger partial charge in [0.2, 0.25) is 0 Å². The van der Waals surface area contributed by atoms with Crippen LogP contribution >= 0.6 is 0 Å². The maximum absolute atomic E-state index is 11.2. The highest BCUT2D eigenvalue weighted by Crippen LogP contribution is 2.40. The van der Waals surface area contributed by atoms with Gasteiger partial charge in [0, 0.05) is 60.8 Å². The van der Waals surface area contributed by atoms with E-state index in [-0.39, 0.29) is 17.5 Å². The average molecular weight is 602 g/mol. The van der Waals surface area contributed by atoms with Crippen molar-refractivity contribution in [2.75, 3.05) is 25.1 Å². The smallest absolute Gasteiger partial charge is 0.267 e. The number of hydroxylamine groups is 1. The molecule has 2 aromatic heterocycles. The minimum absolute atomic E-state index is 0.0315. The molecule has 0 radical (unpaired) electrons. The van der Waals surface area contributed by atoms with Crippen LogP contribution in [0.4, 0.5) is 5.82 Å². The van der Waals surface area contributed by atoms with Crippen molar-refractivity contribution in [3.63, 3.8) is 0 Å².